The van der Waals surface area contributed by atoms with Crippen molar-refractivity contribution in [3.05, 3.63) is 28.1 Å². The highest BCUT2D eigenvalue weighted by Crippen LogP contribution is 2.27. The number of benzene rings is 1. The number of anilines is 1. The van der Waals surface area contributed by atoms with Gasteiger partial charge in [-0.2, -0.15) is 0 Å². The largest absolute Gasteiger partial charge is 0.398 e. The van der Waals surface area contributed by atoms with Gasteiger partial charge in [0.25, 0.3) is 0 Å². The van der Waals surface area contributed by atoms with Gasteiger partial charge in [-0.1, -0.05) is 6.92 Å². The van der Waals surface area contributed by atoms with Gasteiger partial charge in [-0.3, -0.25) is 0 Å². The molecule has 0 aliphatic rings. The topological polar surface area (TPSA) is 26.0 Å². The van der Waals surface area contributed by atoms with Crippen LogP contribution >= 0.6 is 0 Å². The average molecular weight is 181 g/mol. The molecule has 0 radical (unpaired) electrons. The summed E-state index contributed by atoms with van der Waals surface area (Å²) < 4.78 is 13.6. The van der Waals surface area contributed by atoms with Crippen LogP contribution in [0.5, 0.6) is 0 Å². The number of hydrogen-bond acceptors (Lipinski definition) is 1. The summed E-state index contributed by atoms with van der Waals surface area (Å²) in [7, 11) is 0. The molecule has 0 aromatic heterocycles. The van der Waals surface area contributed by atoms with Crippen LogP contribution in [-0.4, -0.2) is 0 Å². The molecule has 0 heterocycles. The normalized spacial score (nSPS) is 10.5. The Labute approximate surface area is 78.8 Å². The Morgan fingerprint density at radius 1 is 1.08 bits per heavy atom. The Kier molecular flexibility index (Phi) is 2.60. The lowest BCUT2D eigenvalue weighted by Crippen LogP contribution is -2.04. The van der Waals surface area contributed by atoms with Crippen LogP contribution in [0.3, 0.4) is 0 Å². The third-order valence-electron chi connectivity index (χ3n) is 2.76. The summed E-state index contributed by atoms with van der Waals surface area (Å²) in [4.78, 5) is 0. The van der Waals surface area contributed by atoms with Gasteiger partial charge in [0.2, 0.25) is 0 Å². The molecular weight excluding hydrogens is 165 g/mol. The Hall–Kier alpha value is -1.05. The van der Waals surface area contributed by atoms with E-state index < -0.39 is 0 Å². The van der Waals surface area contributed by atoms with Crippen LogP contribution in [0, 0.1) is 26.6 Å². The van der Waals surface area contributed by atoms with Crippen molar-refractivity contribution in [1.29, 1.82) is 0 Å². The average Bonchev–Trinajstić information content (AvgIpc) is 2.13. The van der Waals surface area contributed by atoms with E-state index in [0.717, 1.165) is 23.2 Å². The second kappa shape index (κ2) is 3.36. The van der Waals surface area contributed by atoms with Crippen LogP contribution in [0.15, 0.2) is 0 Å². The van der Waals surface area contributed by atoms with Crippen molar-refractivity contribution >= 4 is 5.69 Å². The number of rotatable bonds is 1. The molecule has 0 saturated heterocycles. The molecule has 2 N–H and O–H groups in total. The first kappa shape index (κ1) is 10.0. The number of nitrogens with two attached hydrogens (primary N) is 1. The molecule has 1 aromatic rings. The first-order chi connectivity index (χ1) is 6.00. The summed E-state index contributed by atoms with van der Waals surface area (Å²) >= 11 is 0. The first-order valence-corrected chi connectivity index (χ1v) is 4.54. The van der Waals surface area contributed by atoms with Crippen LogP contribution in [-0.2, 0) is 6.42 Å². The zero-order valence-electron chi connectivity index (χ0n) is 8.66. The van der Waals surface area contributed by atoms with Crippen molar-refractivity contribution in [3.8, 4) is 0 Å². The zero-order chi connectivity index (χ0) is 10.2. The van der Waals surface area contributed by atoms with Gasteiger partial charge in [-0.05, 0) is 49.4 Å². The van der Waals surface area contributed by atoms with Crippen molar-refractivity contribution in [2.45, 2.75) is 34.1 Å². The molecule has 0 spiro atoms. The van der Waals surface area contributed by atoms with E-state index in [1.165, 1.54) is 0 Å². The molecule has 0 unspecified atom stereocenters. The molecular formula is C11H16FN. The molecule has 13 heavy (non-hydrogen) atoms. The summed E-state index contributed by atoms with van der Waals surface area (Å²) in [5.74, 6) is -0.108. The van der Waals surface area contributed by atoms with Crippen LogP contribution < -0.4 is 5.73 Å². The van der Waals surface area contributed by atoms with Crippen molar-refractivity contribution in [3.63, 3.8) is 0 Å². The molecule has 0 aliphatic heterocycles. The van der Waals surface area contributed by atoms with E-state index in [1.807, 2.05) is 13.8 Å². The maximum absolute atomic E-state index is 13.6. The van der Waals surface area contributed by atoms with Crippen LogP contribution in [0.1, 0.15) is 29.2 Å². The van der Waals surface area contributed by atoms with E-state index in [1.54, 1.807) is 13.8 Å². The lowest BCUT2D eigenvalue weighted by molar-refractivity contribution is 0.605. The minimum Gasteiger partial charge on any atom is -0.398 e. The fourth-order valence-electron chi connectivity index (χ4n) is 1.66. The van der Waals surface area contributed by atoms with Gasteiger partial charge in [-0.25, -0.2) is 4.39 Å². The third-order valence-corrected chi connectivity index (χ3v) is 2.76. The Morgan fingerprint density at radius 2 is 1.62 bits per heavy atom. The number of nitrogen functional groups attached to an aromatic ring is 1. The maximum atomic E-state index is 13.6. The van der Waals surface area contributed by atoms with Gasteiger partial charge in [0.15, 0.2) is 0 Å². The lowest BCUT2D eigenvalue weighted by Gasteiger charge is -2.14. The molecule has 0 aliphatic carbocycles. The Bertz CT molecular complexity index is 313. The standard InChI is InChI=1S/C11H16FN/c1-5-9-8(4)10(12)6(2)7(3)11(9)13/h5,13H2,1-4H3. The third kappa shape index (κ3) is 1.41. The van der Waals surface area contributed by atoms with Crippen molar-refractivity contribution in [2.24, 2.45) is 0 Å². The van der Waals surface area contributed by atoms with Gasteiger partial charge in [0, 0.05) is 5.69 Å². The Morgan fingerprint density at radius 3 is 2.08 bits per heavy atom. The van der Waals surface area contributed by atoms with Crippen LogP contribution in [0.25, 0.3) is 0 Å². The zero-order valence-corrected chi connectivity index (χ0v) is 8.66. The highest BCUT2D eigenvalue weighted by molar-refractivity contribution is 5.59. The van der Waals surface area contributed by atoms with Crippen LogP contribution in [0.4, 0.5) is 10.1 Å². The number of hydrogen-bond donors (Lipinski definition) is 1. The van der Waals surface area contributed by atoms with E-state index >= 15 is 0 Å². The van der Waals surface area contributed by atoms with E-state index in [-0.39, 0.29) is 5.82 Å². The second-order valence-electron chi connectivity index (χ2n) is 3.43. The summed E-state index contributed by atoms with van der Waals surface area (Å²) in [6.45, 7) is 7.42. The maximum Gasteiger partial charge on any atom is 0.129 e. The fourth-order valence-corrected chi connectivity index (χ4v) is 1.66. The van der Waals surface area contributed by atoms with E-state index in [4.69, 9.17) is 5.73 Å². The smallest absolute Gasteiger partial charge is 0.129 e. The molecule has 0 amide bonds. The minimum absolute atomic E-state index is 0.108. The molecule has 1 rings (SSSR count). The highest BCUT2D eigenvalue weighted by Gasteiger charge is 2.13. The molecule has 72 valence electrons. The molecule has 0 atom stereocenters. The van der Waals surface area contributed by atoms with E-state index in [0.29, 0.717) is 11.1 Å². The summed E-state index contributed by atoms with van der Waals surface area (Å²) in [5, 5.41) is 0. The van der Waals surface area contributed by atoms with Crippen molar-refractivity contribution in [1.82, 2.24) is 0 Å². The molecule has 0 saturated carbocycles. The van der Waals surface area contributed by atoms with Crippen LogP contribution in [0.2, 0.25) is 0 Å². The molecule has 0 bridgehead atoms. The van der Waals surface area contributed by atoms with Gasteiger partial charge in [-0.15, -0.1) is 0 Å². The molecule has 0 fully saturated rings. The lowest BCUT2D eigenvalue weighted by atomic mass is 9.96. The van der Waals surface area contributed by atoms with Gasteiger partial charge in [0.1, 0.15) is 5.82 Å². The van der Waals surface area contributed by atoms with Crippen molar-refractivity contribution in [2.75, 3.05) is 5.73 Å². The fraction of sp³-hybridized carbons (Fsp3) is 0.455. The van der Waals surface area contributed by atoms with Gasteiger partial charge >= 0.3 is 0 Å². The number of halogens is 1. The summed E-state index contributed by atoms with van der Waals surface area (Å²) in [5.41, 5.74) is 9.84. The molecule has 1 aromatic carbocycles. The minimum atomic E-state index is -0.108. The Balaban J connectivity index is 3.56. The van der Waals surface area contributed by atoms with Gasteiger partial charge in [0.05, 0.1) is 0 Å². The predicted octanol–water partition coefficient (Wildman–Crippen LogP) is 2.90. The van der Waals surface area contributed by atoms with E-state index in [2.05, 4.69) is 0 Å². The monoisotopic (exact) mass is 181 g/mol. The molecule has 1 nitrogen and oxygen atoms in total. The SMILES string of the molecule is CCc1c(C)c(F)c(C)c(C)c1N. The van der Waals surface area contributed by atoms with E-state index in [9.17, 15) is 4.39 Å². The first-order valence-electron chi connectivity index (χ1n) is 4.54. The van der Waals surface area contributed by atoms with Crippen molar-refractivity contribution < 1.29 is 4.39 Å². The summed E-state index contributed by atoms with van der Waals surface area (Å²) in [6.07, 6.45) is 0.787. The highest BCUT2D eigenvalue weighted by atomic mass is 19.1. The second-order valence-corrected chi connectivity index (χ2v) is 3.43. The van der Waals surface area contributed by atoms with Gasteiger partial charge < -0.3 is 5.73 Å². The predicted molar refractivity (Wildman–Crippen MR) is 54.4 cm³/mol. The summed E-state index contributed by atoms with van der Waals surface area (Å²) in [6, 6.07) is 0. The quantitative estimate of drug-likeness (QED) is 0.662. The molecule has 2 heteroatoms.